The van der Waals surface area contributed by atoms with Crippen molar-refractivity contribution in [1.82, 2.24) is 0 Å². The first kappa shape index (κ1) is 12.9. The molecule has 0 radical (unpaired) electrons. The minimum atomic E-state index is -0.376. The highest BCUT2D eigenvalue weighted by Gasteiger charge is 2.03. The van der Waals surface area contributed by atoms with E-state index < -0.39 is 0 Å². The van der Waals surface area contributed by atoms with Crippen molar-refractivity contribution in [3.8, 4) is 5.75 Å². The van der Waals surface area contributed by atoms with Gasteiger partial charge in [0.1, 0.15) is 6.61 Å². The van der Waals surface area contributed by atoms with E-state index in [1.165, 1.54) is 6.07 Å². The zero-order valence-electron chi connectivity index (χ0n) is 9.54. The van der Waals surface area contributed by atoms with E-state index in [1.807, 2.05) is 6.92 Å². The summed E-state index contributed by atoms with van der Waals surface area (Å²) in [5.74, 6) is -0.129. The van der Waals surface area contributed by atoms with E-state index >= 15 is 0 Å². The summed E-state index contributed by atoms with van der Waals surface area (Å²) in [6.07, 6.45) is 0.972. The summed E-state index contributed by atoms with van der Waals surface area (Å²) in [6, 6.07) is 4.74. The van der Waals surface area contributed by atoms with Crippen LogP contribution in [-0.4, -0.2) is 19.8 Å². The van der Waals surface area contributed by atoms with Crippen molar-refractivity contribution in [2.45, 2.75) is 19.9 Å². The van der Waals surface area contributed by atoms with E-state index in [0.29, 0.717) is 26.4 Å². The van der Waals surface area contributed by atoms with Crippen LogP contribution in [0.4, 0.5) is 4.39 Å². The van der Waals surface area contributed by atoms with E-state index in [0.717, 1.165) is 12.0 Å². The zero-order valence-corrected chi connectivity index (χ0v) is 9.54. The maximum Gasteiger partial charge on any atom is 0.165 e. The van der Waals surface area contributed by atoms with Crippen LogP contribution >= 0.6 is 0 Å². The molecule has 0 fully saturated rings. The van der Waals surface area contributed by atoms with Crippen molar-refractivity contribution in [2.24, 2.45) is 5.73 Å². The van der Waals surface area contributed by atoms with Crippen LogP contribution in [0.25, 0.3) is 0 Å². The molecule has 0 bridgehead atoms. The summed E-state index contributed by atoms with van der Waals surface area (Å²) in [7, 11) is 0. The molecule has 2 N–H and O–H groups in total. The topological polar surface area (TPSA) is 44.5 Å². The maximum absolute atomic E-state index is 13.4. The second-order valence-corrected chi connectivity index (χ2v) is 3.43. The summed E-state index contributed by atoms with van der Waals surface area (Å²) in [5, 5.41) is 0. The van der Waals surface area contributed by atoms with Gasteiger partial charge in [-0.05, 0) is 24.1 Å². The van der Waals surface area contributed by atoms with Gasteiger partial charge in [0.2, 0.25) is 0 Å². The third-order valence-corrected chi connectivity index (χ3v) is 2.07. The van der Waals surface area contributed by atoms with Crippen molar-refractivity contribution in [1.29, 1.82) is 0 Å². The summed E-state index contributed by atoms with van der Waals surface area (Å²) in [4.78, 5) is 0. The number of hydrogen-bond acceptors (Lipinski definition) is 3. The summed E-state index contributed by atoms with van der Waals surface area (Å²) in [5.41, 5.74) is 6.15. The van der Waals surface area contributed by atoms with Gasteiger partial charge in [-0.15, -0.1) is 0 Å². The van der Waals surface area contributed by atoms with Crippen molar-refractivity contribution < 1.29 is 13.9 Å². The molecule has 0 aliphatic rings. The van der Waals surface area contributed by atoms with E-state index in [4.69, 9.17) is 15.2 Å². The molecule has 1 rings (SSSR count). The molecule has 16 heavy (non-hydrogen) atoms. The van der Waals surface area contributed by atoms with Crippen LogP contribution in [0.3, 0.4) is 0 Å². The van der Waals surface area contributed by atoms with Crippen molar-refractivity contribution >= 4 is 0 Å². The van der Waals surface area contributed by atoms with Crippen LogP contribution in [0.5, 0.6) is 5.75 Å². The molecule has 0 saturated carbocycles. The van der Waals surface area contributed by atoms with Gasteiger partial charge in [0.05, 0.1) is 6.61 Å². The Morgan fingerprint density at radius 3 is 2.69 bits per heavy atom. The summed E-state index contributed by atoms with van der Waals surface area (Å²) >= 11 is 0. The van der Waals surface area contributed by atoms with Crippen molar-refractivity contribution in [3.05, 3.63) is 29.6 Å². The lowest BCUT2D eigenvalue weighted by Crippen LogP contribution is -2.08. The lowest BCUT2D eigenvalue weighted by molar-refractivity contribution is 0.0992. The Morgan fingerprint density at radius 2 is 2.06 bits per heavy atom. The van der Waals surface area contributed by atoms with Gasteiger partial charge in [-0.3, -0.25) is 0 Å². The Kier molecular flexibility index (Phi) is 5.82. The molecule has 0 aliphatic heterocycles. The molecule has 0 unspecified atom stereocenters. The second kappa shape index (κ2) is 7.19. The Labute approximate surface area is 95.4 Å². The monoisotopic (exact) mass is 227 g/mol. The average molecular weight is 227 g/mol. The highest BCUT2D eigenvalue weighted by atomic mass is 19.1. The number of rotatable bonds is 7. The van der Waals surface area contributed by atoms with Gasteiger partial charge in [-0.25, -0.2) is 4.39 Å². The van der Waals surface area contributed by atoms with E-state index in [9.17, 15) is 4.39 Å². The first-order valence-corrected chi connectivity index (χ1v) is 5.47. The first-order valence-electron chi connectivity index (χ1n) is 5.47. The first-order chi connectivity index (χ1) is 7.77. The molecular weight excluding hydrogens is 209 g/mol. The van der Waals surface area contributed by atoms with Gasteiger partial charge in [0.15, 0.2) is 11.6 Å². The van der Waals surface area contributed by atoms with Crippen molar-refractivity contribution in [2.75, 3.05) is 19.8 Å². The van der Waals surface area contributed by atoms with E-state index in [2.05, 4.69) is 0 Å². The maximum atomic E-state index is 13.4. The van der Waals surface area contributed by atoms with Crippen molar-refractivity contribution in [3.63, 3.8) is 0 Å². The fraction of sp³-hybridized carbons (Fsp3) is 0.500. The third kappa shape index (κ3) is 4.16. The standard InChI is InChI=1S/C12H18FNO2/c1-2-5-15-6-7-16-12-4-3-10(9-14)8-11(12)13/h3-4,8H,2,5-7,9,14H2,1H3. The fourth-order valence-electron chi connectivity index (χ4n) is 1.25. The Bertz CT molecular complexity index is 318. The van der Waals surface area contributed by atoms with Crippen LogP contribution in [0, 0.1) is 5.82 Å². The van der Waals surface area contributed by atoms with Gasteiger partial charge >= 0.3 is 0 Å². The molecule has 0 spiro atoms. The van der Waals surface area contributed by atoms with Gasteiger partial charge in [0.25, 0.3) is 0 Å². The van der Waals surface area contributed by atoms with Crippen LogP contribution in [0.2, 0.25) is 0 Å². The number of benzene rings is 1. The normalized spacial score (nSPS) is 10.4. The SMILES string of the molecule is CCCOCCOc1ccc(CN)cc1F. The van der Waals surface area contributed by atoms with Gasteiger partial charge in [0, 0.05) is 13.2 Å². The van der Waals surface area contributed by atoms with Crippen LogP contribution < -0.4 is 10.5 Å². The van der Waals surface area contributed by atoms with E-state index in [1.54, 1.807) is 12.1 Å². The zero-order chi connectivity index (χ0) is 11.8. The Hall–Kier alpha value is -1.13. The molecule has 0 aliphatic carbocycles. The lowest BCUT2D eigenvalue weighted by atomic mass is 10.2. The summed E-state index contributed by atoms with van der Waals surface area (Å²) in [6.45, 7) is 3.91. The molecule has 90 valence electrons. The molecule has 0 amide bonds. The largest absolute Gasteiger partial charge is 0.488 e. The fourth-order valence-corrected chi connectivity index (χ4v) is 1.25. The quantitative estimate of drug-likeness (QED) is 0.725. The molecule has 0 heterocycles. The molecule has 0 aromatic heterocycles. The molecule has 1 aromatic carbocycles. The Balaban J connectivity index is 2.36. The predicted octanol–water partition coefficient (Wildman–Crippen LogP) is 2.09. The predicted molar refractivity (Wildman–Crippen MR) is 60.9 cm³/mol. The molecule has 4 heteroatoms. The number of nitrogens with two attached hydrogens (primary N) is 1. The molecule has 1 aromatic rings. The van der Waals surface area contributed by atoms with Gasteiger partial charge in [-0.1, -0.05) is 13.0 Å². The molecule has 0 atom stereocenters. The smallest absolute Gasteiger partial charge is 0.165 e. The van der Waals surface area contributed by atoms with Crippen LogP contribution in [-0.2, 0) is 11.3 Å². The minimum Gasteiger partial charge on any atom is -0.488 e. The number of hydrogen-bond donors (Lipinski definition) is 1. The van der Waals surface area contributed by atoms with Crippen LogP contribution in [0.15, 0.2) is 18.2 Å². The molecule has 3 nitrogen and oxygen atoms in total. The van der Waals surface area contributed by atoms with Gasteiger partial charge < -0.3 is 15.2 Å². The highest BCUT2D eigenvalue weighted by Crippen LogP contribution is 2.17. The molecule has 0 saturated heterocycles. The average Bonchev–Trinajstić information content (AvgIpc) is 2.30. The Morgan fingerprint density at radius 1 is 1.25 bits per heavy atom. The minimum absolute atomic E-state index is 0.247. The lowest BCUT2D eigenvalue weighted by Gasteiger charge is -2.08. The van der Waals surface area contributed by atoms with Gasteiger partial charge in [-0.2, -0.15) is 0 Å². The third-order valence-electron chi connectivity index (χ3n) is 2.07. The summed E-state index contributed by atoms with van der Waals surface area (Å²) < 4.78 is 23.9. The number of ether oxygens (including phenoxy) is 2. The highest BCUT2D eigenvalue weighted by molar-refractivity contribution is 5.29. The second-order valence-electron chi connectivity index (χ2n) is 3.43. The molecular formula is C12H18FNO2. The van der Waals surface area contributed by atoms with Crippen LogP contribution in [0.1, 0.15) is 18.9 Å². The number of halogens is 1. The van der Waals surface area contributed by atoms with E-state index in [-0.39, 0.29) is 11.6 Å².